The molecule has 2 aromatic carbocycles. The summed E-state index contributed by atoms with van der Waals surface area (Å²) in [4.78, 5) is 11.9. The van der Waals surface area contributed by atoms with Gasteiger partial charge in [-0.05, 0) is 36.2 Å². The zero-order valence-electron chi connectivity index (χ0n) is 11.0. The van der Waals surface area contributed by atoms with Gasteiger partial charge in [-0.2, -0.15) is 0 Å². The number of aryl methyl sites for hydroxylation is 1. The number of nitrogens with one attached hydrogen (secondary N) is 1. The van der Waals surface area contributed by atoms with E-state index in [2.05, 4.69) is 5.32 Å². The molecule has 0 radical (unpaired) electrons. The van der Waals surface area contributed by atoms with Gasteiger partial charge >= 0.3 is 0 Å². The quantitative estimate of drug-likeness (QED) is 0.650. The van der Waals surface area contributed by atoms with Crippen LogP contribution in [0.3, 0.4) is 0 Å². The Balaban J connectivity index is 1.96. The molecule has 0 saturated heterocycles. The normalized spacial score (nSPS) is 10.4. The summed E-state index contributed by atoms with van der Waals surface area (Å²) in [6.45, 7) is 0. The molecule has 0 spiro atoms. The Bertz CT molecular complexity index is 653. The number of benzene rings is 2. The Kier molecular flexibility index (Phi) is 5.04. The molecule has 0 atom stereocenters. The van der Waals surface area contributed by atoms with Gasteiger partial charge in [0, 0.05) is 17.8 Å². The molecule has 0 unspecified atom stereocenters. The van der Waals surface area contributed by atoms with Crippen LogP contribution in [0, 0.1) is 5.82 Å². The van der Waals surface area contributed by atoms with Crippen molar-refractivity contribution >= 4 is 40.5 Å². The highest BCUT2D eigenvalue weighted by Gasteiger charge is 2.10. The number of carbonyl (C=O) groups is 1. The summed E-state index contributed by atoms with van der Waals surface area (Å²) >= 11 is 11.3. The van der Waals surface area contributed by atoms with E-state index >= 15 is 0 Å². The summed E-state index contributed by atoms with van der Waals surface area (Å²) in [7, 11) is 0. The van der Waals surface area contributed by atoms with Crippen LogP contribution >= 0.6 is 23.2 Å². The van der Waals surface area contributed by atoms with Crippen LogP contribution in [-0.2, 0) is 11.2 Å². The molecular formula is C15H13Cl2FN2O. The number of hydrogen-bond donors (Lipinski definition) is 2. The van der Waals surface area contributed by atoms with Crippen molar-refractivity contribution in [2.24, 2.45) is 0 Å². The molecule has 3 N–H and O–H groups in total. The maximum absolute atomic E-state index is 13.3. The van der Waals surface area contributed by atoms with E-state index in [0.717, 1.165) is 5.56 Å². The number of nitrogen functional groups attached to an aromatic ring is 1. The first-order valence-corrected chi connectivity index (χ1v) is 7.00. The topological polar surface area (TPSA) is 55.1 Å². The molecule has 1 amide bonds. The maximum atomic E-state index is 13.3. The van der Waals surface area contributed by atoms with Gasteiger partial charge in [-0.1, -0.05) is 35.3 Å². The zero-order chi connectivity index (χ0) is 15.4. The molecule has 2 rings (SSSR count). The van der Waals surface area contributed by atoms with Crippen LogP contribution < -0.4 is 11.1 Å². The van der Waals surface area contributed by atoms with E-state index in [1.165, 1.54) is 12.1 Å². The fraction of sp³-hybridized carbons (Fsp3) is 0.133. The molecule has 110 valence electrons. The molecule has 0 saturated carbocycles. The first-order valence-electron chi connectivity index (χ1n) is 6.24. The number of hydrogen-bond acceptors (Lipinski definition) is 2. The average molecular weight is 327 g/mol. The highest BCUT2D eigenvalue weighted by atomic mass is 35.5. The number of rotatable bonds is 4. The third-order valence-electron chi connectivity index (χ3n) is 2.86. The van der Waals surface area contributed by atoms with Crippen molar-refractivity contribution in [2.45, 2.75) is 12.8 Å². The van der Waals surface area contributed by atoms with Crippen molar-refractivity contribution < 1.29 is 9.18 Å². The Hall–Kier alpha value is -1.78. The third kappa shape index (κ3) is 4.34. The standard InChI is InChI=1S/C15H13Cl2FN2O/c16-12-7-11(8-13(17)15(12)18)20-14(21)5-4-9-2-1-3-10(19)6-9/h1-3,6-8H,4-5,19H2,(H,20,21). The highest BCUT2D eigenvalue weighted by molar-refractivity contribution is 6.35. The number of anilines is 2. The molecule has 0 fully saturated rings. The van der Waals surface area contributed by atoms with E-state index < -0.39 is 5.82 Å². The molecule has 0 aliphatic heterocycles. The van der Waals surface area contributed by atoms with Crippen molar-refractivity contribution in [3.8, 4) is 0 Å². The number of carbonyl (C=O) groups excluding carboxylic acids is 1. The van der Waals surface area contributed by atoms with Gasteiger partial charge in [0.2, 0.25) is 5.91 Å². The first kappa shape index (κ1) is 15.6. The molecule has 2 aromatic rings. The number of nitrogens with two attached hydrogens (primary N) is 1. The Labute approximate surface area is 131 Å². The molecule has 21 heavy (non-hydrogen) atoms. The van der Waals surface area contributed by atoms with Crippen LogP contribution in [0.4, 0.5) is 15.8 Å². The van der Waals surface area contributed by atoms with E-state index in [1.807, 2.05) is 18.2 Å². The van der Waals surface area contributed by atoms with Crippen molar-refractivity contribution in [1.82, 2.24) is 0 Å². The predicted octanol–water partition coefficient (Wildman–Crippen LogP) is 4.29. The van der Waals surface area contributed by atoms with Crippen LogP contribution in [0.1, 0.15) is 12.0 Å². The van der Waals surface area contributed by atoms with Gasteiger partial charge in [-0.15, -0.1) is 0 Å². The summed E-state index contributed by atoms with van der Waals surface area (Å²) in [5, 5.41) is 2.37. The van der Waals surface area contributed by atoms with E-state index in [-0.39, 0.29) is 22.4 Å². The molecule has 0 aromatic heterocycles. The summed E-state index contributed by atoms with van der Waals surface area (Å²) in [5.41, 5.74) is 7.67. The van der Waals surface area contributed by atoms with E-state index in [0.29, 0.717) is 17.8 Å². The Morgan fingerprint density at radius 2 is 1.86 bits per heavy atom. The molecule has 0 bridgehead atoms. The largest absolute Gasteiger partial charge is 0.399 e. The number of amides is 1. The SMILES string of the molecule is Nc1cccc(CCC(=O)Nc2cc(Cl)c(F)c(Cl)c2)c1. The predicted molar refractivity (Wildman–Crippen MR) is 84.2 cm³/mol. The first-order chi connectivity index (χ1) is 9.95. The van der Waals surface area contributed by atoms with Crippen LogP contribution in [0.2, 0.25) is 10.0 Å². The van der Waals surface area contributed by atoms with Gasteiger partial charge < -0.3 is 11.1 Å². The van der Waals surface area contributed by atoms with Crippen molar-refractivity contribution in [3.63, 3.8) is 0 Å². The summed E-state index contributed by atoms with van der Waals surface area (Å²) in [5.74, 6) is -0.910. The summed E-state index contributed by atoms with van der Waals surface area (Å²) < 4.78 is 13.3. The van der Waals surface area contributed by atoms with Crippen LogP contribution in [-0.4, -0.2) is 5.91 Å². The molecule has 0 heterocycles. The lowest BCUT2D eigenvalue weighted by Crippen LogP contribution is -2.12. The minimum Gasteiger partial charge on any atom is -0.399 e. The second-order valence-electron chi connectivity index (χ2n) is 4.55. The van der Waals surface area contributed by atoms with E-state index in [1.54, 1.807) is 6.07 Å². The fourth-order valence-corrected chi connectivity index (χ4v) is 2.34. The molecule has 0 aliphatic carbocycles. The monoisotopic (exact) mass is 326 g/mol. The minimum atomic E-state index is -0.698. The van der Waals surface area contributed by atoms with Crippen molar-refractivity contribution in [1.29, 1.82) is 0 Å². The summed E-state index contributed by atoms with van der Waals surface area (Å²) in [6, 6.07) is 9.98. The van der Waals surface area contributed by atoms with Crippen molar-refractivity contribution in [2.75, 3.05) is 11.1 Å². The lowest BCUT2D eigenvalue weighted by molar-refractivity contribution is -0.116. The second kappa shape index (κ2) is 6.78. The maximum Gasteiger partial charge on any atom is 0.224 e. The van der Waals surface area contributed by atoms with Crippen LogP contribution in [0.25, 0.3) is 0 Å². The Morgan fingerprint density at radius 1 is 1.19 bits per heavy atom. The fourth-order valence-electron chi connectivity index (χ4n) is 1.86. The third-order valence-corrected chi connectivity index (χ3v) is 3.41. The summed E-state index contributed by atoms with van der Waals surface area (Å²) in [6.07, 6.45) is 0.829. The zero-order valence-corrected chi connectivity index (χ0v) is 12.5. The van der Waals surface area contributed by atoms with Crippen LogP contribution in [0.5, 0.6) is 0 Å². The molecular weight excluding hydrogens is 314 g/mol. The van der Waals surface area contributed by atoms with Gasteiger partial charge in [0.15, 0.2) is 5.82 Å². The van der Waals surface area contributed by atoms with Crippen LogP contribution in [0.15, 0.2) is 36.4 Å². The second-order valence-corrected chi connectivity index (χ2v) is 5.36. The highest BCUT2D eigenvalue weighted by Crippen LogP contribution is 2.27. The lowest BCUT2D eigenvalue weighted by atomic mass is 10.1. The molecule has 3 nitrogen and oxygen atoms in total. The van der Waals surface area contributed by atoms with Gasteiger partial charge in [-0.3, -0.25) is 4.79 Å². The van der Waals surface area contributed by atoms with Gasteiger partial charge in [0.1, 0.15) is 0 Å². The van der Waals surface area contributed by atoms with E-state index in [4.69, 9.17) is 28.9 Å². The lowest BCUT2D eigenvalue weighted by Gasteiger charge is -2.07. The van der Waals surface area contributed by atoms with Gasteiger partial charge in [0.05, 0.1) is 10.0 Å². The van der Waals surface area contributed by atoms with Gasteiger partial charge in [0.25, 0.3) is 0 Å². The smallest absolute Gasteiger partial charge is 0.224 e. The molecule has 6 heteroatoms. The number of halogens is 3. The van der Waals surface area contributed by atoms with Crippen molar-refractivity contribution in [3.05, 3.63) is 57.8 Å². The average Bonchev–Trinajstić information content (AvgIpc) is 2.42. The van der Waals surface area contributed by atoms with Gasteiger partial charge in [-0.25, -0.2) is 4.39 Å². The minimum absolute atomic E-state index is 0.131. The van der Waals surface area contributed by atoms with E-state index in [9.17, 15) is 9.18 Å². The Morgan fingerprint density at radius 3 is 2.48 bits per heavy atom. The molecule has 0 aliphatic rings.